The third-order valence-corrected chi connectivity index (χ3v) is 9.54. The largest absolute Gasteiger partial charge is 0.293 e. The number of fused-ring (bicyclic) bond motifs is 1. The first-order chi connectivity index (χ1) is 23.3. The van der Waals surface area contributed by atoms with Crippen molar-refractivity contribution in [3.63, 3.8) is 0 Å². The fraction of sp³-hybridized carbons (Fsp3) is 0. The maximum atomic E-state index is 5.34. The second-order valence-electron chi connectivity index (χ2n) is 12.1. The molecule has 9 aromatic rings. The minimum absolute atomic E-state index is 0.718. The van der Waals surface area contributed by atoms with Crippen LogP contribution in [-0.4, -0.2) is 14.5 Å². The predicted octanol–water partition coefficient (Wildman–Crippen LogP) is 10.9. The van der Waals surface area contributed by atoms with E-state index in [9.17, 15) is 0 Å². The summed E-state index contributed by atoms with van der Waals surface area (Å²) in [5, 5.41) is 6.02. The maximum Gasteiger partial charge on any atom is 0.162 e. The van der Waals surface area contributed by atoms with Gasteiger partial charge in [0, 0.05) is 21.7 Å². The summed E-state index contributed by atoms with van der Waals surface area (Å²) >= 11 is 0. The number of benzene rings is 7. The molecule has 0 spiro atoms. The number of nitrogens with zero attached hydrogens (tertiary/aromatic N) is 3. The summed E-state index contributed by atoms with van der Waals surface area (Å²) in [6, 6.07) is 58.4. The Labute approximate surface area is 271 Å². The van der Waals surface area contributed by atoms with Crippen LogP contribution in [-0.2, 0) is 0 Å². The highest BCUT2D eigenvalue weighted by atomic mass is 15.1. The van der Waals surface area contributed by atoms with Crippen LogP contribution in [0.2, 0.25) is 0 Å². The van der Waals surface area contributed by atoms with E-state index >= 15 is 0 Å². The third kappa shape index (κ3) is 3.81. The summed E-state index contributed by atoms with van der Waals surface area (Å²) in [4.78, 5) is 10.4. The van der Waals surface area contributed by atoms with Gasteiger partial charge in [-0.1, -0.05) is 140 Å². The summed E-state index contributed by atoms with van der Waals surface area (Å²) in [5.74, 6) is 1.60. The highest BCUT2D eigenvalue weighted by Gasteiger charge is 2.28. The van der Waals surface area contributed by atoms with Crippen molar-refractivity contribution in [2.75, 3.05) is 0 Å². The molecular weight excluding hydrogens is 571 g/mol. The van der Waals surface area contributed by atoms with E-state index in [0.717, 1.165) is 39.1 Å². The molecule has 1 aliphatic rings. The number of hydrogen-bond acceptors (Lipinski definition) is 2. The van der Waals surface area contributed by atoms with Gasteiger partial charge in [-0.2, -0.15) is 0 Å². The zero-order valence-corrected chi connectivity index (χ0v) is 25.4. The van der Waals surface area contributed by atoms with Crippen LogP contribution < -0.4 is 0 Å². The predicted molar refractivity (Wildman–Crippen MR) is 195 cm³/mol. The minimum Gasteiger partial charge on any atom is -0.293 e. The van der Waals surface area contributed by atoms with Gasteiger partial charge in [0.05, 0.1) is 16.6 Å². The molecule has 0 fully saturated rings. The molecule has 7 aromatic carbocycles. The molecule has 2 aromatic heterocycles. The molecule has 10 rings (SSSR count). The van der Waals surface area contributed by atoms with Crippen LogP contribution in [0, 0.1) is 0 Å². The standard InChI is InChI=1S/C44H27N3/c1-4-14-28(15-5-1)38-33-22-12-20-30-26-27-37-42(40(30)33)41-34(39(38)29-16-6-2-7-17-29)23-13-25-36(41)47(37)44-32-21-10-11-24-35(32)45-43(46-44)31-18-8-3-9-19-31/h1-27H. The highest BCUT2D eigenvalue weighted by Crippen LogP contribution is 2.50. The van der Waals surface area contributed by atoms with Gasteiger partial charge >= 0.3 is 0 Å². The van der Waals surface area contributed by atoms with Crippen molar-refractivity contribution < 1.29 is 0 Å². The number of rotatable bonds is 4. The molecule has 0 N–H and O–H groups in total. The Morgan fingerprint density at radius 2 is 0.957 bits per heavy atom. The Kier molecular flexibility index (Phi) is 5.57. The van der Waals surface area contributed by atoms with Crippen LogP contribution in [0.3, 0.4) is 0 Å². The Balaban J connectivity index is 1.42. The molecule has 0 atom stereocenters. The summed E-state index contributed by atoms with van der Waals surface area (Å²) in [7, 11) is 0. The first kappa shape index (κ1) is 26.0. The monoisotopic (exact) mass is 597 g/mol. The van der Waals surface area contributed by atoms with E-state index in [2.05, 4.69) is 150 Å². The van der Waals surface area contributed by atoms with Crippen LogP contribution in [0.15, 0.2) is 164 Å². The molecule has 2 heterocycles. The molecular formula is C44H27N3. The van der Waals surface area contributed by atoms with E-state index in [0.29, 0.717) is 0 Å². The van der Waals surface area contributed by atoms with E-state index in [4.69, 9.17) is 9.97 Å². The van der Waals surface area contributed by atoms with Gasteiger partial charge in [-0.05, 0) is 68.4 Å². The van der Waals surface area contributed by atoms with Gasteiger partial charge in [-0.3, -0.25) is 4.57 Å². The third-order valence-electron chi connectivity index (χ3n) is 9.54. The average molecular weight is 598 g/mol. The number of aromatic nitrogens is 3. The molecule has 0 amide bonds. The van der Waals surface area contributed by atoms with Crippen molar-refractivity contribution in [2.24, 2.45) is 0 Å². The molecule has 0 radical (unpaired) electrons. The average Bonchev–Trinajstić information content (AvgIpc) is 3.42. The van der Waals surface area contributed by atoms with Crippen molar-refractivity contribution in [1.29, 1.82) is 0 Å². The highest BCUT2D eigenvalue weighted by molar-refractivity contribution is 6.31. The SMILES string of the molecule is c1ccc(C2=C(c3ccccc3)c3cccc4c3c3c5c2cccc5ccc3n4-c2nc(-c3ccccc3)nc3ccccc23)cc1. The Morgan fingerprint density at radius 1 is 0.383 bits per heavy atom. The molecule has 1 aliphatic carbocycles. The minimum atomic E-state index is 0.718. The molecule has 0 saturated heterocycles. The van der Waals surface area contributed by atoms with Crippen molar-refractivity contribution >= 4 is 54.6 Å². The lowest BCUT2D eigenvalue weighted by Gasteiger charge is -2.19. The summed E-state index contributed by atoms with van der Waals surface area (Å²) < 4.78 is 2.37. The van der Waals surface area contributed by atoms with Gasteiger partial charge in [-0.15, -0.1) is 0 Å². The van der Waals surface area contributed by atoms with Crippen LogP contribution in [0.5, 0.6) is 0 Å². The van der Waals surface area contributed by atoms with Crippen molar-refractivity contribution in [2.45, 2.75) is 0 Å². The maximum absolute atomic E-state index is 5.34. The van der Waals surface area contributed by atoms with E-state index in [1.807, 2.05) is 18.2 Å². The van der Waals surface area contributed by atoms with E-state index in [1.54, 1.807) is 0 Å². The molecule has 3 heteroatoms. The Hall–Kier alpha value is -6.32. The first-order valence-electron chi connectivity index (χ1n) is 16.0. The lowest BCUT2D eigenvalue weighted by atomic mass is 9.85. The van der Waals surface area contributed by atoms with Crippen molar-refractivity contribution in [3.05, 3.63) is 186 Å². The second-order valence-corrected chi connectivity index (χ2v) is 12.1. The quantitative estimate of drug-likeness (QED) is 0.202. The topological polar surface area (TPSA) is 30.7 Å². The van der Waals surface area contributed by atoms with E-state index in [-0.39, 0.29) is 0 Å². The van der Waals surface area contributed by atoms with Crippen molar-refractivity contribution in [3.8, 4) is 17.2 Å². The van der Waals surface area contributed by atoms with Gasteiger partial charge in [0.2, 0.25) is 0 Å². The van der Waals surface area contributed by atoms with Gasteiger partial charge in [0.1, 0.15) is 5.82 Å². The van der Waals surface area contributed by atoms with E-state index in [1.165, 1.54) is 54.9 Å². The molecule has 0 unspecified atom stereocenters. The van der Waals surface area contributed by atoms with Crippen LogP contribution in [0.1, 0.15) is 22.3 Å². The zero-order chi connectivity index (χ0) is 30.9. The van der Waals surface area contributed by atoms with E-state index < -0.39 is 0 Å². The molecule has 218 valence electrons. The smallest absolute Gasteiger partial charge is 0.162 e. The lowest BCUT2D eigenvalue weighted by molar-refractivity contribution is 1.08. The van der Waals surface area contributed by atoms with Gasteiger partial charge in [0.25, 0.3) is 0 Å². The molecule has 47 heavy (non-hydrogen) atoms. The number of hydrogen-bond donors (Lipinski definition) is 0. The number of para-hydroxylation sites is 1. The first-order valence-corrected chi connectivity index (χ1v) is 16.0. The molecule has 0 aliphatic heterocycles. The van der Waals surface area contributed by atoms with Crippen molar-refractivity contribution in [1.82, 2.24) is 14.5 Å². The second kappa shape index (κ2) is 10.1. The van der Waals surface area contributed by atoms with Gasteiger partial charge < -0.3 is 0 Å². The molecule has 3 nitrogen and oxygen atoms in total. The van der Waals surface area contributed by atoms with Crippen LogP contribution >= 0.6 is 0 Å². The summed E-state index contributed by atoms with van der Waals surface area (Å²) in [5.41, 5.74) is 11.6. The fourth-order valence-electron chi connectivity index (χ4n) is 7.60. The lowest BCUT2D eigenvalue weighted by Crippen LogP contribution is -2.03. The van der Waals surface area contributed by atoms with Gasteiger partial charge in [0.15, 0.2) is 5.82 Å². The van der Waals surface area contributed by atoms with Gasteiger partial charge in [-0.25, -0.2) is 9.97 Å². The summed E-state index contributed by atoms with van der Waals surface area (Å²) in [6.07, 6.45) is 0. The summed E-state index contributed by atoms with van der Waals surface area (Å²) in [6.45, 7) is 0. The zero-order valence-electron chi connectivity index (χ0n) is 25.4. The Morgan fingerprint density at radius 3 is 1.66 bits per heavy atom. The normalized spacial score (nSPS) is 12.6. The molecule has 0 saturated carbocycles. The fourth-order valence-corrected chi connectivity index (χ4v) is 7.60. The Bertz CT molecular complexity index is 2700. The molecule has 0 bridgehead atoms. The van der Waals surface area contributed by atoms with Crippen LogP contribution in [0.4, 0.5) is 0 Å². The van der Waals surface area contributed by atoms with Crippen LogP contribution in [0.25, 0.3) is 71.8 Å².